The number of ether oxygens (including phenoxy) is 2. The lowest BCUT2D eigenvalue weighted by Gasteiger charge is -2.43. The van der Waals surface area contributed by atoms with E-state index < -0.39 is 5.41 Å². The van der Waals surface area contributed by atoms with Crippen LogP contribution < -0.4 is 9.47 Å². The minimum absolute atomic E-state index is 0.0173. The Morgan fingerprint density at radius 2 is 1.78 bits per heavy atom. The smallest absolute Gasteiger partial charge is 0.247 e. The van der Waals surface area contributed by atoms with Gasteiger partial charge >= 0.3 is 0 Å². The van der Waals surface area contributed by atoms with E-state index in [1.807, 2.05) is 48.5 Å². The van der Waals surface area contributed by atoms with Crippen molar-refractivity contribution >= 4 is 5.91 Å². The van der Waals surface area contributed by atoms with Gasteiger partial charge in [-0.3, -0.25) is 9.63 Å². The Kier molecular flexibility index (Phi) is 6.40. The summed E-state index contributed by atoms with van der Waals surface area (Å²) in [6.07, 6.45) is 3.13. The van der Waals surface area contributed by atoms with Gasteiger partial charge in [0, 0.05) is 23.3 Å². The monoisotopic (exact) mass is 429 g/mol. The van der Waals surface area contributed by atoms with Crippen molar-refractivity contribution in [3.05, 3.63) is 59.7 Å². The van der Waals surface area contributed by atoms with Crippen LogP contribution in [0.5, 0.6) is 11.5 Å². The maximum absolute atomic E-state index is 13.0. The highest BCUT2D eigenvalue weighted by molar-refractivity contribution is 5.81. The second-order valence-electron chi connectivity index (χ2n) is 8.13. The fourth-order valence-electron chi connectivity index (χ4n) is 5.10. The number of carbonyl (C=O) groups excluding carboxylic acids is 1. The molecular formula is C27H27NO4. The molecule has 3 atom stereocenters. The number of hydroxylamine groups is 2. The lowest BCUT2D eigenvalue weighted by atomic mass is 9.62. The summed E-state index contributed by atoms with van der Waals surface area (Å²) in [7, 11) is 4.79. The molecule has 0 aromatic heterocycles. The molecule has 0 spiro atoms. The topological polar surface area (TPSA) is 48.0 Å². The molecule has 1 aliphatic carbocycles. The number of carbonyl (C=O) groups is 1. The van der Waals surface area contributed by atoms with Crippen LogP contribution in [-0.2, 0) is 15.0 Å². The summed E-state index contributed by atoms with van der Waals surface area (Å²) in [6, 6.07) is 15.5. The maximum Gasteiger partial charge on any atom is 0.247 e. The minimum atomic E-state index is -0.392. The fraction of sp³-hybridized carbons (Fsp3) is 0.370. The Bertz CT molecular complexity index is 1110. The normalized spacial score (nSPS) is 24.0. The fourth-order valence-corrected chi connectivity index (χ4v) is 5.10. The van der Waals surface area contributed by atoms with E-state index >= 15 is 0 Å². The quantitative estimate of drug-likeness (QED) is 0.691. The van der Waals surface area contributed by atoms with Crippen molar-refractivity contribution in [2.24, 2.45) is 5.92 Å². The Hall–Kier alpha value is -3.41. The number of amides is 1. The van der Waals surface area contributed by atoms with Crippen LogP contribution in [0.15, 0.2) is 48.5 Å². The molecule has 0 unspecified atom stereocenters. The van der Waals surface area contributed by atoms with Gasteiger partial charge in [0.15, 0.2) is 11.5 Å². The van der Waals surface area contributed by atoms with Crippen molar-refractivity contribution < 1.29 is 19.1 Å². The summed E-state index contributed by atoms with van der Waals surface area (Å²) < 4.78 is 10.9. The van der Waals surface area contributed by atoms with Gasteiger partial charge in [-0.25, -0.2) is 5.06 Å². The summed E-state index contributed by atoms with van der Waals surface area (Å²) in [5, 5.41) is 1.53. The molecule has 0 bridgehead atoms. The van der Waals surface area contributed by atoms with Crippen molar-refractivity contribution in [2.75, 3.05) is 21.3 Å². The number of fused-ring (bicyclic) bond motifs is 1. The first kappa shape index (κ1) is 21.8. The molecule has 2 fully saturated rings. The Labute approximate surface area is 189 Å². The van der Waals surface area contributed by atoms with E-state index in [9.17, 15) is 4.79 Å². The van der Waals surface area contributed by atoms with Gasteiger partial charge in [0.1, 0.15) is 0 Å². The molecule has 164 valence electrons. The van der Waals surface area contributed by atoms with Crippen LogP contribution in [0.25, 0.3) is 0 Å². The van der Waals surface area contributed by atoms with Crippen LogP contribution in [0.3, 0.4) is 0 Å². The third kappa shape index (κ3) is 3.93. The minimum Gasteiger partial charge on any atom is -0.493 e. The van der Waals surface area contributed by atoms with Crippen LogP contribution in [0.4, 0.5) is 0 Å². The van der Waals surface area contributed by atoms with Gasteiger partial charge in [-0.05, 0) is 54.5 Å². The summed E-state index contributed by atoms with van der Waals surface area (Å²) in [5.41, 5.74) is 1.59. The van der Waals surface area contributed by atoms with Gasteiger partial charge in [0.2, 0.25) is 5.91 Å². The number of hydrogen-bond acceptors (Lipinski definition) is 4. The number of hydrogen-bond donors (Lipinski definition) is 0. The first-order valence-electron chi connectivity index (χ1n) is 10.8. The van der Waals surface area contributed by atoms with Crippen molar-refractivity contribution in [3.63, 3.8) is 0 Å². The second kappa shape index (κ2) is 9.39. The van der Waals surface area contributed by atoms with E-state index in [2.05, 4.69) is 23.7 Å². The zero-order valence-corrected chi connectivity index (χ0v) is 18.7. The third-order valence-electron chi connectivity index (χ3n) is 6.51. The van der Waals surface area contributed by atoms with E-state index in [-0.39, 0.29) is 17.9 Å². The summed E-state index contributed by atoms with van der Waals surface area (Å²) in [4.78, 5) is 18.5. The number of rotatable bonds is 4. The zero-order valence-electron chi connectivity index (χ0n) is 18.7. The van der Waals surface area contributed by atoms with Crippen molar-refractivity contribution in [1.29, 1.82) is 0 Å². The van der Waals surface area contributed by atoms with E-state index in [1.54, 1.807) is 21.3 Å². The van der Waals surface area contributed by atoms with E-state index in [1.165, 1.54) is 5.06 Å². The lowest BCUT2D eigenvalue weighted by Crippen LogP contribution is -2.50. The van der Waals surface area contributed by atoms with Crippen molar-refractivity contribution in [3.8, 4) is 35.2 Å². The average molecular weight is 430 g/mol. The van der Waals surface area contributed by atoms with Gasteiger partial charge in [-0.1, -0.05) is 42.5 Å². The molecular weight excluding hydrogens is 402 g/mol. The summed E-state index contributed by atoms with van der Waals surface area (Å²) in [5.74, 6) is 13.7. The molecule has 0 N–H and O–H groups in total. The first-order chi connectivity index (χ1) is 15.6. The Morgan fingerprint density at radius 3 is 2.50 bits per heavy atom. The van der Waals surface area contributed by atoms with Crippen LogP contribution in [0.2, 0.25) is 0 Å². The molecule has 32 heavy (non-hydrogen) atoms. The van der Waals surface area contributed by atoms with Gasteiger partial charge in [-0.2, -0.15) is 0 Å². The molecule has 1 amide bonds. The molecule has 5 nitrogen and oxygen atoms in total. The molecule has 1 saturated heterocycles. The Balaban J connectivity index is 1.71. The van der Waals surface area contributed by atoms with Gasteiger partial charge < -0.3 is 9.47 Å². The van der Waals surface area contributed by atoms with Crippen LogP contribution in [0, 0.1) is 29.6 Å². The average Bonchev–Trinajstić information content (AvgIpc) is 3.14. The van der Waals surface area contributed by atoms with Crippen LogP contribution >= 0.6 is 0 Å². The molecule has 2 aliphatic rings. The molecule has 5 heteroatoms. The Morgan fingerprint density at radius 1 is 1.00 bits per heavy atom. The van der Waals surface area contributed by atoms with E-state index in [0.717, 1.165) is 30.4 Å². The highest BCUT2D eigenvalue weighted by Crippen LogP contribution is 2.52. The molecule has 0 radical (unpaired) electrons. The zero-order chi connectivity index (χ0) is 22.6. The number of nitrogens with zero attached hydrogens (tertiary/aromatic N) is 1. The predicted molar refractivity (Wildman–Crippen MR) is 122 cm³/mol. The summed E-state index contributed by atoms with van der Waals surface area (Å²) in [6.45, 7) is 0. The van der Waals surface area contributed by atoms with Gasteiger partial charge in [0.25, 0.3) is 0 Å². The predicted octanol–water partition coefficient (Wildman–Crippen LogP) is 3.96. The number of benzene rings is 2. The van der Waals surface area contributed by atoms with Crippen LogP contribution in [-0.4, -0.2) is 38.3 Å². The highest BCUT2D eigenvalue weighted by atomic mass is 16.7. The van der Waals surface area contributed by atoms with E-state index in [0.29, 0.717) is 17.9 Å². The molecule has 1 heterocycles. The molecule has 4 rings (SSSR count). The first-order valence-corrected chi connectivity index (χ1v) is 10.8. The van der Waals surface area contributed by atoms with Crippen molar-refractivity contribution in [1.82, 2.24) is 5.06 Å². The SMILES string of the molecule is COc1ccc([C@@]23CCC[C@H](C#CC#Cc4ccccc4)[C@@H]2N(OC)C(=O)C3)cc1OC. The van der Waals surface area contributed by atoms with Crippen molar-refractivity contribution in [2.45, 2.75) is 37.1 Å². The molecule has 2 aromatic carbocycles. The van der Waals surface area contributed by atoms with Gasteiger partial charge in [0.05, 0.1) is 27.4 Å². The lowest BCUT2D eigenvalue weighted by molar-refractivity contribution is -0.184. The third-order valence-corrected chi connectivity index (χ3v) is 6.51. The second-order valence-corrected chi connectivity index (χ2v) is 8.13. The molecule has 1 aliphatic heterocycles. The largest absolute Gasteiger partial charge is 0.493 e. The maximum atomic E-state index is 13.0. The highest BCUT2D eigenvalue weighted by Gasteiger charge is 2.57. The van der Waals surface area contributed by atoms with Crippen LogP contribution in [0.1, 0.15) is 36.8 Å². The number of methoxy groups -OCH3 is 2. The van der Waals surface area contributed by atoms with E-state index in [4.69, 9.17) is 14.3 Å². The molecule has 1 saturated carbocycles. The van der Waals surface area contributed by atoms with Gasteiger partial charge in [-0.15, -0.1) is 0 Å². The summed E-state index contributed by atoms with van der Waals surface area (Å²) >= 11 is 0. The molecule has 2 aromatic rings. The standard InChI is InChI=1S/C27H27NO4/c1-30-23-16-15-22(18-24(23)31-2)27-17-9-14-21(26(27)28(32-3)25(29)19-27)13-8-7-12-20-10-5-4-6-11-20/h4-6,10-11,15-16,18,21,26H,9,14,17,19H2,1-3H3/t21-,26-,27-/m0/s1.